The van der Waals surface area contributed by atoms with Gasteiger partial charge in [0.25, 0.3) is 0 Å². The number of amides is 1. The summed E-state index contributed by atoms with van der Waals surface area (Å²) in [6.07, 6.45) is 12.1. The predicted octanol–water partition coefficient (Wildman–Crippen LogP) is 3.62. The molecule has 1 aromatic heterocycles. The van der Waals surface area contributed by atoms with Gasteiger partial charge in [-0.05, 0) is 106 Å². The van der Waals surface area contributed by atoms with E-state index in [1.807, 2.05) is 26.4 Å². The van der Waals surface area contributed by atoms with Gasteiger partial charge in [0.15, 0.2) is 0 Å². The zero-order valence-electron chi connectivity index (χ0n) is 20.8. The number of nitrogens with two attached hydrogens (primary N) is 1. The number of rotatable bonds is 1. The zero-order valence-corrected chi connectivity index (χ0v) is 20.8. The second-order valence-corrected chi connectivity index (χ2v) is 10.8. The predicted molar refractivity (Wildman–Crippen MR) is 132 cm³/mol. The fraction of sp³-hybridized carbons (Fsp3) is 0.704. The van der Waals surface area contributed by atoms with E-state index >= 15 is 4.39 Å². The third kappa shape index (κ3) is 4.79. The molecule has 3 saturated carbocycles. The number of halogens is 1. The molecule has 0 bridgehead atoms. The normalized spacial score (nSPS) is 40.5. The quantitative estimate of drug-likeness (QED) is 0.464. The first-order valence-corrected chi connectivity index (χ1v) is 12.6. The van der Waals surface area contributed by atoms with Gasteiger partial charge in [-0.25, -0.2) is 4.39 Å². The minimum absolute atomic E-state index is 0.0842. The Morgan fingerprint density at radius 3 is 2.56 bits per heavy atom. The number of aromatic nitrogens is 1. The summed E-state index contributed by atoms with van der Waals surface area (Å²) in [4.78, 5) is 12.9. The van der Waals surface area contributed by atoms with Crippen LogP contribution in [0.2, 0.25) is 0 Å². The number of pyridine rings is 1. The Balaban J connectivity index is 0.000000492. The van der Waals surface area contributed by atoms with E-state index in [1.54, 1.807) is 6.20 Å². The van der Waals surface area contributed by atoms with Crippen LogP contribution in [0.5, 0.6) is 0 Å². The summed E-state index contributed by atoms with van der Waals surface area (Å²) in [6, 6.07) is 4.03. The Morgan fingerprint density at radius 1 is 1.21 bits per heavy atom. The number of alkyl halides is 1. The Hall–Kier alpha value is -1.83. The number of aliphatic hydroxyl groups is 2. The number of carbonyl (C=O) groups excluding carboxylic acids is 1. The first-order chi connectivity index (χ1) is 16.2. The smallest absolute Gasteiger partial charge is 0.204 e. The summed E-state index contributed by atoms with van der Waals surface area (Å²) in [5, 5.41) is 24.8. The second-order valence-electron chi connectivity index (χ2n) is 10.8. The third-order valence-electron chi connectivity index (χ3n) is 8.90. The monoisotopic (exact) mass is 475 g/mol. The van der Waals surface area contributed by atoms with Gasteiger partial charge in [-0.2, -0.15) is 0 Å². The molecule has 6 nitrogen and oxygen atoms in total. The molecule has 0 spiro atoms. The number of fused-ring (bicyclic) bond motifs is 4. The Kier molecular flexibility index (Phi) is 8.53. The highest BCUT2D eigenvalue weighted by atomic mass is 19.1. The first kappa shape index (κ1) is 26.8. The number of hydrogen-bond donors (Lipinski definition) is 4. The molecule has 6 unspecified atom stereocenters. The van der Waals surface area contributed by atoms with Crippen molar-refractivity contribution in [2.24, 2.45) is 28.9 Å². The number of carbonyl (C=O) groups is 1. The van der Waals surface area contributed by atoms with Gasteiger partial charge in [-0.15, -0.1) is 0 Å². The van der Waals surface area contributed by atoms with E-state index in [4.69, 9.17) is 4.79 Å². The molecular formula is C27H42FN3O3. The van der Waals surface area contributed by atoms with Gasteiger partial charge < -0.3 is 21.3 Å². The molecule has 0 aromatic carbocycles. The minimum Gasteiger partial charge on any atom is -0.393 e. The molecule has 7 heteroatoms. The van der Waals surface area contributed by atoms with E-state index in [2.05, 4.69) is 35.1 Å². The largest absolute Gasteiger partial charge is 0.393 e. The molecule has 190 valence electrons. The summed E-state index contributed by atoms with van der Waals surface area (Å²) in [6.45, 7) is 2.22. The van der Waals surface area contributed by atoms with Crippen molar-refractivity contribution in [1.29, 1.82) is 0 Å². The van der Waals surface area contributed by atoms with Crippen LogP contribution in [0, 0.1) is 23.2 Å². The fourth-order valence-electron chi connectivity index (χ4n) is 7.33. The molecule has 0 aliphatic heterocycles. The standard InChI is InChI=1S/C24H32FNO2.C2H7N.CH3NO/c1-22-10-11-23(25)14-18-13-19(27)5-4-16(18)8-9-24(23,28)21(22)7-6-20(22)17-3-2-12-26-15-17;1-3-2;2-1-3/h2-3,6,12,15-16,18-19,21,27-28H,4-5,7-11,13-14H2,1H3;3H,1-2H3;1H,(H2,2,3)/t16?,18?,19?,21?,22?,23?,24-;;/m0../s1. The highest BCUT2D eigenvalue weighted by Crippen LogP contribution is 2.66. The van der Waals surface area contributed by atoms with E-state index < -0.39 is 11.3 Å². The van der Waals surface area contributed by atoms with Gasteiger partial charge in [0, 0.05) is 18.3 Å². The van der Waals surface area contributed by atoms with Crippen molar-refractivity contribution in [3.63, 3.8) is 0 Å². The molecule has 0 saturated heterocycles. The van der Waals surface area contributed by atoms with Crippen LogP contribution in [0.25, 0.3) is 5.57 Å². The molecule has 0 radical (unpaired) electrons. The number of hydrogen-bond acceptors (Lipinski definition) is 5. The van der Waals surface area contributed by atoms with Crippen molar-refractivity contribution in [3.05, 3.63) is 36.2 Å². The van der Waals surface area contributed by atoms with Crippen LogP contribution in [-0.4, -0.2) is 53.1 Å². The van der Waals surface area contributed by atoms with E-state index in [9.17, 15) is 10.2 Å². The van der Waals surface area contributed by atoms with Crippen molar-refractivity contribution < 1.29 is 19.4 Å². The van der Waals surface area contributed by atoms with Crippen molar-refractivity contribution in [3.8, 4) is 0 Å². The molecule has 1 aromatic rings. The molecule has 1 heterocycles. The molecule has 34 heavy (non-hydrogen) atoms. The lowest BCUT2D eigenvalue weighted by molar-refractivity contribution is -0.195. The lowest BCUT2D eigenvalue weighted by Gasteiger charge is -2.56. The molecule has 4 aliphatic rings. The molecule has 3 fully saturated rings. The first-order valence-electron chi connectivity index (χ1n) is 12.6. The van der Waals surface area contributed by atoms with E-state index in [-0.39, 0.29) is 29.8 Å². The lowest BCUT2D eigenvalue weighted by Crippen LogP contribution is -2.62. The van der Waals surface area contributed by atoms with E-state index in [0.717, 1.165) is 37.7 Å². The molecule has 1 amide bonds. The summed E-state index contributed by atoms with van der Waals surface area (Å²) >= 11 is 0. The van der Waals surface area contributed by atoms with Gasteiger partial charge in [0.1, 0.15) is 11.3 Å². The van der Waals surface area contributed by atoms with Crippen molar-refractivity contribution in [2.75, 3.05) is 14.1 Å². The average Bonchev–Trinajstić information content (AvgIpc) is 3.11. The van der Waals surface area contributed by atoms with Crippen LogP contribution in [0.15, 0.2) is 30.6 Å². The lowest BCUT2D eigenvalue weighted by atomic mass is 9.53. The molecule has 7 atom stereocenters. The summed E-state index contributed by atoms with van der Waals surface area (Å²) in [5.74, 6) is 0.572. The number of nitrogens with zero attached hydrogens (tertiary/aromatic N) is 1. The van der Waals surface area contributed by atoms with Crippen LogP contribution in [0.1, 0.15) is 70.3 Å². The van der Waals surface area contributed by atoms with E-state index in [1.165, 1.54) is 5.57 Å². The maximum absolute atomic E-state index is 16.5. The number of allylic oxidation sites excluding steroid dienone is 2. The van der Waals surface area contributed by atoms with Crippen LogP contribution in [0.3, 0.4) is 0 Å². The molecular weight excluding hydrogens is 433 g/mol. The van der Waals surface area contributed by atoms with Crippen molar-refractivity contribution in [1.82, 2.24) is 10.3 Å². The number of nitrogens with one attached hydrogen (secondary N) is 1. The number of primary amides is 1. The van der Waals surface area contributed by atoms with Crippen LogP contribution in [0.4, 0.5) is 4.39 Å². The third-order valence-corrected chi connectivity index (χ3v) is 8.90. The van der Waals surface area contributed by atoms with Gasteiger partial charge in [0.2, 0.25) is 6.41 Å². The van der Waals surface area contributed by atoms with Crippen molar-refractivity contribution in [2.45, 2.75) is 82.1 Å². The molecule has 5 rings (SSSR count). The second kappa shape index (κ2) is 10.8. The maximum atomic E-state index is 16.5. The van der Waals surface area contributed by atoms with Crippen LogP contribution in [-0.2, 0) is 4.79 Å². The highest BCUT2D eigenvalue weighted by Gasteiger charge is 2.66. The summed E-state index contributed by atoms with van der Waals surface area (Å²) < 4.78 is 16.5. The van der Waals surface area contributed by atoms with Crippen LogP contribution < -0.4 is 11.1 Å². The summed E-state index contributed by atoms with van der Waals surface area (Å²) in [7, 11) is 3.75. The minimum atomic E-state index is -1.54. The topological polar surface area (TPSA) is 108 Å². The Labute approximate surface area is 203 Å². The number of aliphatic hydroxyl groups excluding tert-OH is 1. The zero-order chi connectivity index (χ0) is 25.0. The van der Waals surface area contributed by atoms with Gasteiger partial charge in [-0.1, -0.05) is 19.1 Å². The average molecular weight is 476 g/mol. The maximum Gasteiger partial charge on any atom is 0.204 e. The van der Waals surface area contributed by atoms with E-state index in [0.29, 0.717) is 31.6 Å². The Bertz CT molecular complexity index is 853. The molecule has 4 aliphatic carbocycles. The molecule has 5 N–H and O–H groups in total. The highest BCUT2D eigenvalue weighted by molar-refractivity contribution is 5.72. The van der Waals surface area contributed by atoms with Gasteiger partial charge >= 0.3 is 0 Å². The fourth-order valence-corrected chi connectivity index (χ4v) is 7.33. The summed E-state index contributed by atoms with van der Waals surface area (Å²) in [5.41, 5.74) is 3.49. The van der Waals surface area contributed by atoms with Gasteiger partial charge in [0.05, 0.1) is 6.10 Å². The Morgan fingerprint density at radius 2 is 1.91 bits per heavy atom. The van der Waals surface area contributed by atoms with Crippen LogP contribution >= 0.6 is 0 Å². The van der Waals surface area contributed by atoms with Gasteiger partial charge in [-0.3, -0.25) is 9.78 Å². The van der Waals surface area contributed by atoms with Crippen molar-refractivity contribution >= 4 is 12.0 Å². The SMILES string of the molecule is CC12CCC3(F)CC4CC(O)CCC4CC[C@]3(O)C1CC=C2c1cccnc1.CNC.NC=O.